The van der Waals surface area contributed by atoms with Gasteiger partial charge in [-0.2, -0.15) is 0 Å². The van der Waals surface area contributed by atoms with Gasteiger partial charge in [-0.05, 0) is 48.2 Å². The van der Waals surface area contributed by atoms with Gasteiger partial charge in [-0.15, -0.1) is 13.2 Å². The molecule has 0 aliphatic heterocycles. The zero-order chi connectivity index (χ0) is 15.5. The van der Waals surface area contributed by atoms with E-state index in [0.717, 1.165) is 22.0 Å². The molecule has 1 aliphatic carbocycles. The molecule has 110 valence electrons. The highest BCUT2D eigenvalue weighted by molar-refractivity contribution is 5.94. The molecule has 1 aliphatic rings. The second-order valence-electron chi connectivity index (χ2n) is 5.39. The number of fused-ring (bicyclic) bond motifs is 1. The fraction of sp³-hybridized carbons (Fsp3) is 0.150. The number of nitrogens with zero attached hydrogens (tertiary/aromatic N) is 1. The van der Waals surface area contributed by atoms with E-state index in [1.54, 1.807) is 0 Å². The maximum absolute atomic E-state index is 13.1. The van der Waals surface area contributed by atoms with Crippen LogP contribution < -0.4 is 0 Å². The van der Waals surface area contributed by atoms with E-state index in [-0.39, 0.29) is 5.82 Å². The second-order valence-corrected chi connectivity index (χ2v) is 5.39. The van der Waals surface area contributed by atoms with Crippen molar-refractivity contribution in [1.82, 2.24) is 4.98 Å². The molecular weight excluding hydrogens is 273 g/mol. The van der Waals surface area contributed by atoms with Crippen molar-refractivity contribution in [2.24, 2.45) is 0 Å². The molecule has 3 aromatic rings. The van der Waals surface area contributed by atoms with Gasteiger partial charge in [0.05, 0.1) is 5.52 Å². The van der Waals surface area contributed by atoms with Gasteiger partial charge in [0, 0.05) is 17.0 Å². The third kappa shape index (κ3) is 2.77. The summed E-state index contributed by atoms with van der Waals surface area (Å²) in [5.41, 5.74) is 4.39. The monoisotopic (exact) mass is 291 g/mol. The Morgan fingerprint density at radius 3 is 2.32 bits per heavy atom. The summed E-state index contributed by atoms with van der Waals surface area (Å²) in [5, 5.41) is 1.13. The van der Waals surface area contributed by atoms with Gasteiger partial charge < -0.3 is 0 Å². The van der Waals surface area contributed by atoms with E-state index >= 15 is 0 Å². The number of hydrogen-bond acceptors (Lipinski definition) is 1. The van der Waals surface area contributed by atoms with Crippen molar-refractivity contribution >= 4 is 10.9 Å². The Labute approximate surface area is 130 Å². The van der Waals surface area contributed by atoms with Crippen LogP contribution in [0.2, 0.25) is 0 Å². The summed E-state index contributed by atoms with van der Waals surface area (Å²) in [7, 11) is 0. The van der Waals surface area contributed by atoms with E-state index in [0.29, 0.717) is 5.92 Å². The van der Waals surface area contributed by atoms with Crippen LogP contribution >= 0.6 is 0 Å². The Hall–Kier alpha value is -2.48. The number of para-hydroxylation sites is 1. The highest BCUT2D eigenvalue weighted by atomic mass is 19.1. The summed E-state index contributed by atoms with van der Waals surface area (Å²) in [6, 6.07) is 17.1. The minimum absolute atomic E-state index is 0.200. The Morgan fingerprint density at radius 1 is 0.955 bits per heavy atom. The normalized spacial score (nSPS) is 13.5. The number of pyridine rings is 1. The molecule has 0 N–H and O–H groups in total. The molecular formula is C20H18FN. The lowest BCUT2D eigenvalue weighted by atomic mass is 9.99. The van der Waals surface area contributed by atoms with Crippen LogP contribution in [0.5, 0.6) is 0 Å². The highest BCUT2D eigenvalue weighted by Crippen LogP contribution is 2.41. The number of halogens is 1. The summed E-state index contributed by atoms with van der Waals surface area (Å²) >= 11 is 0. The van der Waals surface area contributed by atoms with Gasteiger partial charge in [-0.1, -0.05) is 30.3 Å². The summed E-state index contributed by atoms with van der Waals surface area (Å²) in [5.74, 6) is 0.410. The smallest absolute Gasteiger partial charge is 0.123 e. The number of hydrogen-bond donors (Lipinski definition) is 0. The van der Waals surface area contributed by atoms with E-state index in [4.69, 9.17) is 4.98 Å². The quantitative estimate of drug-likeness (QED) is 0.550. The molecule has 4 rings (SSSR count). The average Bonchev–Trinajstić information content (AvgIpc) is 3.41. The zero-order valence-electron chi connectivity index (χ0n) is 12.4. The van der Waals surface area contributed by atoms with Crippen molar-refractivity contribution in [2.45, 2.75) is 18.8 Å². The highest BCUT2D eigenvalue weighted by Gasteiger charge is 2.26. The lowest BCUT2D eigenvalue weighted by Crippen LogP contribution is -1.91. The van der Waals surface area contributed by atoms with Crippen molar-refractivity contribution in [3.63, 3.8) is 0 Å². The molecule has 0 atom stereocenters. The standard InChI is InChI=1S/C18H14FN.C2H4/c19-14-9-7-12(8-10-14)16-11-18(13-5-6-13)20-17-4-2-1-3-15(16)17;1-2/h1-4,7-11,13H,5-6H2;1-2H2. The first kappa shape index (κ1) is 14.5. The molecule has 1 nitrogen and oxygen atoms in total. The molecule has 0 bridgehead atoms. The van der Waals surface area contributed by atoms with E-state index < -0.39 is 0 Å². The van der Waals surface area contributed by atoms with Crippen molar-refractivity contribution < 1.29 is 4.39 Å². The molecule has 0 saturated heterocycles. The van der Waals surface area contributed by atoms with Crippen molar-refractivity contribution in [1.29, 1.82) is 0 Å². The molecule has 0 radical (unpaired) electrons. The molecule has 0 spiro atoms. The molecule has 1 fully saturated rings. The number of rotatable bonds is 2. The first-order chi connectivity index (χ1) is 10.8. The topological polar surface area (TPSA) is 12.9 Å². The molecule has 2 aromatic carbocycles. The zero-order valence-corrected chi connectivity index (χ0v) is 12.4. The summed E-state index contributed by atoms with van der Waals surface area (Å²) in [6.07, 6.45) is 2.46. The maximum atomic E-state index is 13.1. The number of benzene rings is 2. The van der Waals surface area contributed by atoms with Crippen molar-refractivity contribution in [3.05, 3.63) is 79.3 Å². The predicted octanol–water partition coefficient (Wildman–Crippen LogP) is 5.72. The Bertz CT molecular complexity index is 788. The Morgan fingerprint density at radius 2 is 1.64 bits per heavy atom. The van der Waals surface area contributed by atoms with Crippen molar-refractivity contribution in [2.75, 3.05) is 0 Å². The van der Waals surface area contributed by atoms with Gasteiger partial charge in [-0.3, -0.25) is 4.98 Å². The number of aromatic nitrogens is 1. The van der Waals surface area contributed by atoms with Gasteiger partial charge in [0.1, 0.15) is 5.82 Å². The fourth-order valence-corrected chi connectivity index (χ4v) is 2.65. The molecule has 1 heterocycles. The summed E-state index contributed by atoms with van der Waals surface area (Å²) in [4.78, 5) is 4.77. The van der Waals surface area contributed by atoms with Crippen LogP contribution in [0.15, 0.2) is 67.8 Å². The fourth-order valence-electron chi connectivity index (χ4n) is 2.65. The van der Waals surface area contributed by atoms with Gasteiger partial charge in [0.15, 0.2) is 0 Å². The van der Waals surface area contributed by atoms with Crippen LogP contribution in [0.25, 0.3) is 22.0 Å². The molecule has 0 amide bonds. The molecule has 2 heteroatoms. The van der Waals surface area contributed by atoms with Gasteiger partial charge >= 0.3 is 0 Å². The van der Waals surface area contributed by atoms with E-state index in [2.05, 4.69) is 25.3 Å². The predicted molar refractivity (Wildman–Crippen MR) is 90.4 cm³/mol. The maximum Gasteiger partial charge on any atom is 0.123 e. The van der Waals surface area contributed by atoms with Crippen LogP contribution in [-0.2, 0) is 0 Å². The average molecular weight is 291 g/mol. The third-order valence-corrected chi connectivity index (χ3v) is 3.89. The van der Waals surface area contributed by atoms with E-state index in [1.807, 2.05) is 30.3 Å². The Kier molecular flexibility index (Phi) is 4.01. The van der Waals surface area contributed by atoms with Gasteiger partial charge in [0.2, 0.25) is 0 Å². The van der Waals surface area contributed by atoms with Crippen LogP contribution in [0.4, 0.5) is 4.39 Å². The van der Waals surface area contributed by atoms with E-state index in [9.17, 15) is 4.39 Å². The lowest BCUT2D eigenvalue weighted by molar-refractivity contribution is 0.628. The van der Waals surface area contributed by atoms with Gasteiger partial charge in [0.25, 0.3) is 0 Å². The lowest BCUT2D eigenvalue weighted by Gasteiger charge is -2.09. The molecule has 22 heavy (non-hydrogen) atoms. The first-order valence-corrected chi connectivity index (χ1v) is 7.47. The van der Waals surface area contributed by atoms with Crippen LogP contribution in [0.3, 0.4) is 0 Å². The third-order valence-electron chi connectivity index (χ3n) is 3.89. The molecule has 1 saturated carbocycles. The van der Waals surface area contributed by atoms with E-state index in [1.165, 1.54) is 30.7 Å². The summed E-state index contributed by atoms with van der Waals surface area (Å²) in [6.45, 7) is 6.00. The van der Waals surface area contributed by atoms with Crippen molar-refractivity contribution in [3.8, 4) is 11.1 Å². The SMILES string of the molecule is C=C.Fc1ccc(-c2cc(C3CC3)nc3ccccc23)cc1. The minimum Gasteiger partial charge on any atom is -0.253 e. The Balaban J connectivity index is 0.000000693. The van der Waals surface area contributed by atoms with Crippen LogP contribution in [0, 0.1) is 5.82 Å². The summed E-state index contributed by atoms with van der Waals surface area (Å²) < 4.78 is 13.1. The van der Waals surface area contributed by atoms with Crippen LogP contribution in [-0.4, -0.2) is 4.98 Å². The largest absolute Gasteiger partial charge is 0.253 e. The first-order valence-electron chi connectivity index (χ1n) is 7.47. The molecule has 1 aromatic heterocycles. The van der Waals surface area contributed by atoms with Gasteiger partial charge in [-0.25, -0.2) is 4.39 Å². The second kappa shape index (κ2) is 6.10. The van der Waals surface area contributed by atoms with Crippen LogP contribution in [0.1, 0.15) is 24.5 Å². The molecule has 0 unspecified atom stereocenters. The minimum atomic E-state index is -0.200.